The van der Waals surface area contributed by atoms with Gasteiger partial charge in [0.25, 0.3) is 0 Å². The van der Waals surface area contributed by atoms with E-state index in [4.69, 9.17) is 14.2 Å². The van der Waals surface area contributed by atoms with Crippen molar-refractivity contribution in [2.45, 2.75) is 32.8 Å². The van der Waals surface area contributed by atoms with E-state index >= 15 is 0 Å². The van der Waals surface area contributed by atoms with Gasteiger partial charge < -0.3 is 18.9 Å². The number of ether oxygens (including phenoxy) is 4. The van der Waals surface area contributed by atoms with E-state index in [2.05, 4.69) is 4.74 Å². The monoisotopic (exact) mass is 386 g/mol. The highest BCUT2D eigenvalue weighted by Gasteiger charge is 2.13. The molecule has 0 aliphatic carbocycles. The minimum Gasteiger partial charge on any atom is -0.490 e. The molecule has 6 heteroatoms. The van der Waals surface area contributed by atoms with E-state index < -0.39 is 5.97 Å². The summed E-state index contributed by atoms with van der Waals surface area (Å²) >= 11 is 0. The Morgan fingerprint density at radius 2 is 1.71 bits per heavy atom. The summed E-state index contributed by atoms with van der Waals surface area (Å²) in [6, 6.07) is 14.8. The van der Waals surface area contributed by atoms with Crippen molar-refractivity contribution in [1.29, 1.82) is 0 Å². The Hall–Kier alpha value is -3.02. The standard InChI is InChI=1S/C22H26O6/c1-3-26-22(24)18-12-13-19(28-16-17-9-5-4-6-10-17)20(15-18)27-14-8-7-11-21(23)25-2/h4-6,9-10,12-13,15H,3,7-8,11,14,16H2,1-2H3. The summed E-state index contributed by atoms with van der Waals surface area (Å²) in [5, 5.41) is 0. The third-order valence-electron chi connectivity index (χ3n) is 3.95. The molecule has 0 aliphatic heterocycles. The smallest absolute Gasteiger partial charge is 0.338 e. The van der Waals surface area contributed by atoms with Crippen molar-refractivity contribution in [3.63, 3.8) is 0 Å². The quantitative estimate of drug-likeness (QED) is 0.426. The Bertz CT molecular complexity index is 757. The number of rotatable bonds is 11. The highest BCUT2D eigenvalue weighted by molar-refractivity contribution is 5.90. The molecule has 0 radical (unpaired) electrons. The van der Waals surface area contributed by atoms with Gasteiger partial charge in [-0.15, -0.1) is 0 Å². The first kappa shape index (κ1) is 21.3. The normalized spacial score (nSPS) is 10.2. The third kappa shape index (κ3) is 6.95. The van der Waals surface area contributed by atoms with Crippen LogP contribution in [0.1, 0.15) is 42.1 Å². The van der Waals surface area contributed by atoms with Crippen LogP contribution < -0.4 is 9.47 Å². The summed E-state index contributed by atoms with van der Waals surface area (Å²) in [5.74, 6) is 0.369. The van der Waals surface area contributed by atoms with Gasteiger partial charge in [0.1, 0.15) is 6.61 Å². The van der Waals surface area contributed by atoms with Gasteiger partial charge in [-0.25, -0.2) is 4.79 Å². The molecule has 0 saturated heterocycles. The molecule has 6 nitrogen and oxygen atoms in total. The van der Waals surface area contributed by atoms with E-state index in [-0.39, 0.29) is 5.97 Å². The van der Waals surface area contributed by atoms with Gasteiger partial charge in [0.15, 0.2) is 11.5 Å². The number of methoxy groups -OCH3 is 1. The van der Waals surface area contributed by atoms with E-state index in [1.165, 1.54) is 7.11 Å². The van der Waals surface area contributed by atoms with Crippen molar-refractivity contribution >= 4 is 11.9 Å². The van der Waals surface area contributed by atoms with Crippen LogP contribution in [0.4, 0.5) is 0 Å². The molecule has 0 atom stereocenters. The molecule has 2 rings (SSSR count). The molecule has 28 heavy (non-hydrogen) atoms. The highest BCUT2D eigenvalue weighted by atomic mass is 16.5. The molecule has 0 spiro atoms. The second-order valence-electron chi connectivity index (χ2n) is 6.04. The Balaban J connectivity index is 2.02. The minimum absolute atomic E-state index is 0.240. The Labute approximate surface area is 165 Å². The maximum absolute atomic E-state index is 12.0. The molecular weight excluding hydrogens is 360 g/mol. The van der Waals surface area contributed by atoms with Crippen LogP contribution in [0, 0.1) is 0 Å². The largest absolute Gasteiger partial charge is 0.490 e. The maximum atomic E-state index is 12.0. The van der Waals surface area contributed by atoms with Crippen molar-refractivity contribution in [3.05, 3.63) is 59.7 Å². The number of carbonyl (C=O) groups excluding carboxylic acids is 2. The zero-order valence-corrected chi connectivity index (χ0v) is 16.3. The van der Waals surface area contributed by atoms with E-state index in [0.717, 1.165) is 5.56 Å². The average molecular weight is 386 g/mol. The molecule has 0 bridgehead atoms. The number of hydrogen-bond donors (Lipinski definition) is 0. The van der Waals surface area contributed by atoms with Gasteiger partial charge in [0, 0.05) is 6.42 Å². The Morgan fingerprint density at radius 1 is 0.929 bits per heavy atom. The van der Waals surface area contributed by atoms with Crippen molar-refractivity contribution < 1.29 is 28.5 Å². The van der Waals surface area contributed by atoms with Crippen molar-refractivity contribution in [3.8, 4) is 11.5 Å². The summed E-state index contributed by atoms with van der Waals surface area (Å²) < 4.78 is 21.4. The first-order valence-electron chi connectivity index (χ1n) is 9.31. The van der Waals surface area contributed by atoms with Crippen LogP contribution >= 0.6 is 0 Å². The van der Waals surface area contributed by atoms with Gasteiger partial charge in [0.2, 0.25) is 0 Å². The van der Waals surface area contributed by atoms with Crippen LogP contribution in [0.15, 0.2) is 48.5 Å². The predicted octanol–water partition coefficient (Wildman–Crippen LogP) is 4.16. The van der Waals surface area contributed by atoms with Crippen LogP contribution in [-0.2, 0) is 20.9 Å². The Morgan fingerprint density at radius 3 is 2.43 bits per heavy atom. The molecule has 2 aromatic rings. The number of unbranched alkanes of at least 4 members (excludes halogenated alkanes) is 1. The van der Waals surface area contributed by atoms with Crippen LogP contribution in [0.25, 0.3) is 0 Å². The van der Waals surface area contributed by atoms with Gasteiger partial charge in [0.05, 0.1) is 25.9 Å². The lowest BCUT2D eigenvalue weighted by Crippen LogP contribution is -2.07. The molecule has 0 N–H and O–H groups in total. The van der Waals surface area contributed by atoms with E-state index in [0.29, 0.717) is 56.1 Å². The molecule has 2 aromatic carbocycles. The number of carbonyl (C=O) groups is 2. The van der Waals surface area contributed by atoms with Crippen LogP contribution in [0.3, 0.4) is 0 Å². The molecule has 0 heterocycles. The fraction of sp³-hybridized carbons (Fsp3) is 0.364. The molecule has 0 saturated carbocycles. The summed E-state index contributed by atoms with van der Waals surface area (Å²) in [6.45, 7) is 2.84. The number of hydrogen-bond acceptors (Lipinski definition) is 6. The van der Waals surface area contributed by atoms with Crippen LogP contribution in [0.2, 0.25) is 0 Å². The number of esters is 2. The van der Waals surface area contributed by atoms with Gasteiger partial charge in [-0.1, -0.05) is 30.3 Å². The first-order chi connectivity index (χ1) is 13.6. The topological polar surface area (TPSA) is 71.1 Å². The van der Waals surface area contributed by atoms with Gasteiger partial charge in [-0.2, -0.15) is 0 Å². The van der Waals surface area contributed by atoms with Crippen molar-refractivity contribution in [2.24, 2.45) is 0 Å². The molecule has 0 aromatic heterocycles. The second kappa shape index (κ2) is 11.6. The zero-order chi connectivity index (χ0) is 20.2. The van der Waals surface area contributed by atoms with E-state index in [9.17, 15) is 9.59 Å². The summed E-state index contributed by atoms with van der Waals surface area (Å²) in [5.41, 5.74) is 1.43. The fourth-order valence-corrected chi connectivity index (χ4v) is 2.47. The van der Waals surface area contributed by atoms with Gasteiger partial charge >= 0.3 is 11.9 Å². The van der Waals surface area contributed by atoms with Crippen LogP contribution in [-0.4, -0.2) is 32.3 Å². The molecule has 0 fully saturated rings. The van der Waals surface area contributed by atoms with Crippen LogP contribution in [0.5, 0.6) is 11.5 Å². The summed E-state index contributed by atoms with van der Waals surface area (Å²) in [6.07, 6.45) is 1.68. The summed E-state index contributed by atoms with van der Waals surface area (Å²) in [4.78, 5) is 23.2. The lowest BCUT2D eigenvalue weighted by Gasteiger charge is -2.14. The Kier molecular flexibility index (Phi) is 8.85. The van der Waals surface area contributed by atoms with Gasteiger partial charge in [-0.3, -0.25) is 4.79 Å². The highest BCUT2D eigenvalue weighted by Crippen LogP contribution is 2.30. The lowest BCUT2D eigenvalue weighted by atomic mass is 10.2. The predicted molar refractivity (Wildman–Crippen MR) is 105 cm³/mol. The first-order valence-corrected chi connectivity index (χ1v) is 9.31. The van der Waals surface area contributed by atoms with Crippen molar-refractivity contribution in [2.75, 3.05) is 20.3 Å². The molecule has 150 valence electrons. The summed E-state index contributed by atoms with van der Waals surface area (Å²) in [7, 11) is 1.37. The maximum Gasteiger partial charge on any atom is 0.338 e. The van der Waals surface area contributed by atoms with Crippen molar-refractivity contribution in [1.82, 2.24) is 0 Å². The zero-order valence-electron chi connectivity index (χ0n) is 16.3. The van der Waals surface area contributed by atoms with E-state index in [1.54, 1.807) is 25.1 Å². The average Bonchev–Trinajstić information content (AvgIpc) is 2.73. The second-order valence-corrected chi connectivity index (χ2v) is 6.04. The number of benzene rings is 2. The molecule has 0 unspecified atom stereocenters. The molecule has 0 aliphatic rings. The molecule has 0 amide bonds. The fourth-order valence-electron chi connectivity index (χ4n) is 2.47. The van der Waals surface area contributed by atoms with Gasteiger partial charge in [-0.05, 0) is 43.5 Å². The molecular formula is C22H26O6. The lowest BCUT2D eigenvalue weighted by molar-refractivity contribution is -0.140. The SMILES string of the molecule is CCOC(=O)c1ccc(OCc2ccccc2)c(OCCCCC(=O)OC)c1. The third-order valence-corrected chi connectivity index (χ3v) is 3.95. The minimum atomic E-state index is -0.410. The van der Waals surface area contributed by atoms with E-state index in [1.807, 2.05) is 30.3 Å².